The minimum absolute atomic E-state index is 0.00198. The Bertz CT molecular complexity index is 1990. The third-order valence-corrected chi connectivity index (χ3v) is 8.20. The third kappa shape index (κ3) is 5.90. The van der Waals surface area contributed by atoms with Crippen molar-refractivity contribution in [3.63, 3.8) is 0 Å². The number of carbonyl (C=O) groups is 1. The van der Waals surface area contributed by atoms with Crippen molar-refractivity contribution < 1.29 is 41.3 Å². The first-order valence-electron chi connectivity index (χ1n) is 14.1. The van der Waals surface area contributed by atoms with Crippen LogP contribution in [0.4, 0.5) is 22.0 Å². The fourth-order valence-corrected chi connectivity index (χ4v) is 5.76. The van der Waals surface area contributed by atoms with E-state index in [4.69, 9.17) is 21.1 Å². The van der Waals surface area contributed by atoms with Gasteiger partial charge in [0.25, 0.3) is 0 Å². The second-order valence-corrected chi connectivity index (χ2v) is 12.1. The Morgan fingerprint density at radius 1 is 1.00 bits per heavy atom. The Balaban J connectivity index is 1.33. The largest absolute Gasteiger partial charge is 0.478 e. The number of rotatable bonds is 8. The number of ether oxygens (including phenoxy) is 2. The van der Waals surface area contributed by atoms with E-state index < -0.39 is 53.1 Å². The number of carboxylic acid groups (broad SMARTS) is 1. The average Bonchev–Trinajstić information content (AvgIpc) is 3.52. The van der Waals surface area contributed by atoms with Crippen molar-refractivity contribution >= 4 is 28.6 Å². The molecule has 0 amide bonds. The molecule has 0 aliphatic carbocycles. The van der Waals surface area contributed by atoms with E-state index in [9.17, 15) is 18.7 Å². The van der Waals surface area contributed by atoms with E-state index in [0.29, 0.717) is 6.61 Å². The highest BCUT2D eigenvalue weighted by atomic mass is 35.5. The van der Waals surface area contributed by atoms with Gasteiger partial charge < -0.3 is 19.1 Å². The van der Waals surface area contributed by atoms with Crippen molar-refractivity contribution in [2.45, 2.75) is 32.9 Å². The smallest absolute Gasteiger partial charge is 0.335 e. The highest BCUT2D eigenvalue weighted by molar-refractivity contribution is 6.30. The Hall–Kier alpha value is -4.55. The van der Waals surface area contributed by atoms with Crippen molar-refractivity contribution in [1.29, 1.82) is 0 Å². The number of hydrogen-bond acceptors (Lipinski definition) is 5. The van der Waals surface area contributed by atoms with Gasteiger partial charge in [-0.25, -0.2) is 36.7 Å². The van der Waals surface area contributed by atoms with Gasteiger partial charge in [-0.1, -0.05) is 31.5 Å². The number of carboxylic acids is 1. The summed E-state index contributed by atoms with van der Waals surface area (Å²) in [7, 11) is 0. The molecule has 1 atom stereocenters. The van der Waals surface area contributed by atoms with Gasteiger partial charge in [0.05, 0.1) is 41.6 Å². The van der Waals surface area contributed by atoms with Gasteiger partial charge in [0, 0.05) is 28.5 Å². The van der Waals surface area contributed by atoms with E-state index in [-0.39, 0.29) is 68.7 Å². The van der Waals surface area contributed by atoms with Crippen LogP contribution in [-0.2, 0) is 17.8 Å². The maximum absolute atomic E-state index is 15.6. The fourth-order valence-electron chi connectivity index (χ4n) is 5.57. The van der Waals surface area contributed by atoms with Crippen LogP contribution in [0.15, 0.2) is 54.6 Å². The molecule has 1 unspecified atom stereocenters. The number of fused-ring (bicyclic) bond motifs is 1. The minimum Gasteiger partial charge on any atom is -0.478 e. The Labute approximate surface area is 264 Å². The maximum Gasteiger partial charge on any atom is 0.335 e. The van der Waals surface area contributed by atoms with Crippen LogP contribution in [0.1, 0.15) is 47.2 Å². The minimum atomic E-state index is -1.33. The van der Waals surface area contributed by atoms with Crippen molar-refractivity contribution in [3.05, 3.63) is 111 Å². The second-order valence-electron chi connectivity index (χ2n) is 11.6. The van der Waals surface area contributed by atoms with Crippen LogP contribution in [0.25, 0.3) is 22.3 Å². The van der Waals surface area contributed by atoms with Crippen LogP contribution < -0.4 is 4.74 Å². The van der Waals surface area contributed by atoms with E-state index >= 15 is 13.2 Å². The zero-order valence-corrected chi connectivity index (χ0v) is 25.1. The molecule has 3 aromatic carbocycles. The molecule has 13 heteroatoms. The molecule has 2 aromatic heterocycles. The van der Waals surface area contributed by atoms with E-state index in [0.717, 1.165) is 30.3 Å². The number of imidazole rings is 1. The Kier molecular flexibility index (Phi) is 8.20. The summed E-state index contributed by atoms with van der Waals surface area (Å²) in [4.78, 5) is 20.3. The lowest BCUT2D eigenvalue weighted by molar-refractivity contribution is 0.0696. The van der Waals surface area contributed by atoms with Gasteiger partial charge in [-0.2, -0.15) is 0 Å². The lowest BCUT2D eigenvalue weighted by atomic mass is 9.87. The zero-order chi connectivity index (χ0) is 32.9. The van der Waals surface area contributed by atoms with Gasteiger partial charge in [0.1, 0.15) is 41.2 Å². The number of nitrogens with zero attached hydrogens (tertiary/aromatic N) is 3. The molecule has 5 aromatic rings. The summed E-state index contributed by atoms with van der Waals surface area (Å²) >= 11 is 5.66. The molecular weight excluding hydrogens is 633 g/mol. The van der Waals surface area contributed by atoms with Crippen LogP contribution in [0.5, 0.6) is 5.88 Å². The summed E-state index contributed by atoms with van der Waals surface area (Å²) in [5.41, 5.74) is -1.31. The molecule has 1 aliphatic rings. The van der Waals surface area contributed by atoms with Gasteiger partial charge in [-0.05, 0) is 48.0 Å². The van der Waals surface area contributed by atoms with Crippen molar-refractivity contribution in [2.24, 2.45) is 5.41 Å². The molecule has 0 bridgehead atoms. The van der Waals surface area contributed by atoms with E-state index in [1.165, 1.54) is 24.3 Å². The molecule has 1 saturated heterocycles. The van der Waals surface area contributed by atoms with E-state index in [1.807, 2.05) is 13.8 Å². The summed E-state index contributed by atoms with van der Waals surface area (Å²) in [5.74, 6) is -5.53. The summed E-state index contributed by atoms with van der Waals surface area (Å²) in [5, 5.41) is 9.41. The molecule has 1 fully saturated rings. The predicted octanol–water partition coefficient (Wildman–Crippen LogP) is 7.91. The number of benzene rings is 3. The molecular formula is C33H25ClF5N3O4. The summed E-state index contributed by atoms with van der Waals surface area (Å²) < 4.78 is 87.3. The number of hydrogen-bond donors (Lipinski definition) is 1. The normalized spacial score (nSPS) is 15.9. The molecule has 7 nitrogen and oxygen atoms in total. The molecule has 238 valence electrons. The van der Waals surface area contributed by atoms with Crippen LogP contribution in [0, 0.1) is 34.5 Å². The Morgan fingerprint density at radius 2 is 1.74 bits per heavy atom. The maximum atomic E-state index is 15.6. The lowest BCUT2D eigenvalue weighted by Crippen LogP contribution is -2.27. The lowest BCUT2D eigenvalue weighted by Gasteiger charge is -2.28. The Morgan fingerprint density at radius 3 is 2.41 bits per heavy atom. The molecule has 46 heavy (non-hydrogen) atoms. The van der Waals surface area contributed by atoms with E-state index in [1.54, 1.807) is 4.57 Å². The first-order chi connectivity index (χ1) is 21.8. The predicted molar refractivity (Wildman–Crippen MR) is 158 cm³/mol. The number of pyridine rings is 1. The average molecular weight is 658 g/mol. The topological polar surface area (TPSA) is 86.5 Å². The summed E-state index contributed by atoms with van der Waals surface area (Å²) in [6.45, 7) is 3.93. The van der Waals surface area contributed by atoms with Crippen molar-refractivity contribution in [1.82, 2.24) is 14.5 Å². The molecule has 1 N–H and O–H groups in total. The standard InChI is InChI=1S/C33H25ClF5N3O4/c1-33(2)15-45-14-28(33)42-27-8-17(32(43)44)7-25(39)31(27)41-29(42)9-16-6-22(36)19(12-21(16)35)26-4-3-5-30(40-26)46-13-20-23(37)10-18(34)11-24(20)38/h3-8,10-12,28H,9,13-15H2,1-2H3,(H,43,44). The summed E-state index contributed by atoms with van der Waals surface area (Å²) in [6.07, 6.45) is -0.249. The van der Waals surface area contributed by atoms with Gasteiger partial charge >= 0.3 is 5.97 Å². The van der Waals surface area contributed by atoms with Gasteiger partial charge in [0.2, 0.25) is 5.88 Å². The SMILES string of the molecule is CC1(C)COCC1n1c(Cc2cc(F)c(-c3cccc(OCc4c(F)cc(Cl)cc4F)n3)cc2F)nc2c(F)cc(C(=O)O)cc21. The highest BCUT2D eigenvalue weighted by Crippen LogP contribution is 2.41. The molecule has 0 spiro atoms. The molecule has 0 radical (unpaired) electrons. The molecule has 3 heterocycles. The van der Waals surface area contributed by atoms with Gasteiger partial charge in [-0.15, -0.1) is 0 Å². The van der Waals surface area contributed by atoms with E-state index in [2.05, 4.69) is 9.97 Å². The zero-order valence-electron chi connectivity index (χ0n) is 24.4. The van der Waals surface area contributed by atoms with Crippen LogP contribution in [-0.4, -0.2) is 38.8 Å². The third-order valence-electron chi connectivity index (χ3n) is 7.99. The first kappa shape index (κ1) is 31.4. The summed E-state index contributed by atoms with van der Waals surface area (Å²) in [6, 6.07) is 9.86. The van der Waals surface area contributed by atoms with Gasteiger partial charge in [0.15, 0.2) is 5.82 Å². The first-order valence-corrected chi connectivity index (χ1v) is 14.4. The highest BCUT2D eigenvalue weighted by Gasteiger charge is 2.39. The second kappa shape index (κ2) is 12.0. The van der Waals surface area contributed by atoms with Crippen LogP contribution in [0.3, 0.4) is 0 Å². The molecule has 0 saturated carbocycles. The number of aromatic carboxylic acids is 1. The monoisotopic (exact) mass is 657 g/mol. The number of halogens is 6. The molecule has 1 aliphatic heterocycles. The van der Waals surface area contributed by atoms with Crippen molar-refractivity contribution in [2.75, 3.05) is 13.2 Å². The van der Waals surface area contributed by atoms with Crippen LogP contribution >= 0.6 is 11.6 Å². The van der Waals surface area contributed by atoms with Gasteiger partial charge in [-0.3, -0.25) is 0 Å². The molecule has 6 rings (SSSR count). The van der Waals surface area contributed by atoms with Crippen molar-refractivity contribution in [3.8, 4) is 17.1 Å². The number of aromatic nitrogens is 3. The fraction of sp³-hybridized carbons (Fsp3) is 0.242. The van der Waals surface area contributed by atoms with Crippen LogP contribution in [0.2, 0.25) is 5.02 Å². The quantitative estimate of drug-likeness (QED) is 0.171.